The van der Waals surface area contributed by atoms with Crippen molar-refractivity contribution in [1.82, 2.24) is 0 Å². The fourth-order valence-corrected chi connectivity index (χ4v) is 1.62. The summed E-state index contributed by atoms with van der Waals surface area (Å²) in [5.41, 5.74) is 13.4. The molecular formula is C14H21N2O2. The number of carbonyl (C=O) groups excluding carboxylic acids is 1. The van der Waals surface area contributed by atoms with E-state index in [2.05, 4.69) is 6.92 Å². The number of anilines is 1. The molecule has 4 N–H and O–H groups in total. The minimum atomic E-state index is -0.345. The average Bonchev–Trinajstić information content (AvgIpc) is 2.37. The van der Waals surface area contributed by atoms with Crippen LogP contribution in [0, 0.1) is 6.92 Å². The topological polar surface area (TPSA) is 78.3 Å². The molecule has 0 aliphatic heterocycles. The maximum Gasteiger partial charge on any atom is 0.338 e. The summed E-state index contributed by atoms with van der Waals surface area (Å²) in [7, 11) is 0. The average molecular weight is 249 g/mol. The van der Waals surface area contributed by atoms with Crippen LogP contribution in [0.25, 0.3) is 0 Å². The highest BCUT2D eigenvalue weighted by molar-refractivity contribution is 5.91. The molecular weight excluding hydrogens is 228 g/mol. The van der Waals surface area contributed by atoms with Gasteiger partial charge in [0.25, 0.3) is 0 Å². The standard InChI is InChI=1S/C14H21N2O2/c1-3-5-8-18-14(17)11-7-6-10(15)9-12(11)13(16)4-2/h6-7,9,13H,2-5,8,15-16H2,1H3. The van der Waals surface area contributed by atoms with Gasteiger partial charge in [-0.05, 0) is 36.6 Å². The lowest BCUT2D eigenvalue weighted by atomic mass is 9.98. The molecule has 0 aromatic heterocycles. The van der Waals surface area contributed by atoms with Gasteiger partial charge in [-0.2, -0.15) is 0 Å². The third kappa shape index (κ3) is 3.74. The molecule has 0 aliphatic rings. The van der Waals surface area contributed by atoms with E-state index in [0.29, 0.717) is 29.8 Å². The van der Waals surface area contributed by atoms with Gasteiger partial charge in [-0.25, -0.2) is 4.79 Å². The van der Waals surface area contributed by atoms with E-state index in [1.54, 1.807) is 18.2 Å². The summed E-state index contributed by atoms with van der Waals surface area (Å²) >= 11 is 0. The van der Waals surface area contributed by atoms with E-state index in [1.807, 2.05) is 6.92 Å². The van der Waals surface area contributed by atoms with Crippen LogP contribution >= 0.6 is 0 Å². The molecule has 18 heavy (non-hydrogen) atoms. The van der Waals surface area contributed by atoms with Crippen molar-refractivity contribution in [2.75, 3.05) is 12.3 Å². The summed E-state index contributed by atoms with van der Waals surface area (Å²) in [6.45, 7) is 6.22. The summed E-state index contributed by atoms with van der Waals surface area (Å²) in [6, 6.07) is 4.75. The van der Waals surface area contributed by atoms with Gasteiger partial charge in [-0.1, -0.05) is 20.3 Å². The molecule has 1 aromatic rings. The summed E-state index contributed by atoms with van der Waals surface area (Å²) < 4.78 is 5.19. The number of benzene rings is 1. The van der Waals surface area contributed by atoms with E-state index in [1.165, 1.54) is 0 Å². The first-order valence-electron chi connectivity index (χ1n) is 6.21. The van der Waals surface area contributed by atoms with E-state index in [-0.39, 0.29) is 12.0 Å². The Hall–Kier alpha value is -1.55. The van der Waals surface area contributed by atoms with Gasteiger partial charge >= 0.3 is 5.97 Å². The molecule has 0 spiro atoms. The van der Waals surface area contributed by atoms with Gasteiger partial charge in [-0.3, -0.25) is 0 Å². The van der Waals surface area contributed by atoms with Crippen LogP contribution in [0.5, 0.6) is 0 Å². The molecule has 1 aromatic carbocycles. The maximum atomic E-state index is 11.9. The third-order valence-electron chi connectivity index (χ3n) is 2.74. The van der Waals surface area contributed by atoms with E-state index in [0.717, 1.165) is 12.8 Å². The predicted molar refractivity (Wildman–Crippen MR) is 72.9 cm³/mol. The number of nitrogen functional groups attached to an aromatic ring is 1. The highest BCUT2D eigenvalue weighted by Crippen LogP contribution is 2.22. The van der Waals surface area contributed by atoms with Crippen molar-refractivity contribution in [2.24, 2.45) is 5.73 Å². The van der Waals surface area contributed by atoms with Crippen molar-refractivity contribution < 1.29 is 9.53 Å². The van der Waals surface area contributed by atoms with Crippen molar-refractivity contribution in [2.45, 2.75) is 32.2 Å². The SMILES string of the molecule is [CH2]CC(N)c1cc(N)ccc1C(=O)OCCCC. The Morgan fingerprint density at radius 1 is 1.50 bits per heavy atom. The second-order valence-electron chi connectivity index (χ2n) is 4.23. The van der Waals surface area contributed by atoms with Gasteiger partial charge in [0.15, 0.2) is 0 Å². The smallest absolute Gasteiger partial charge is 0.338 e. The summed E-state index contributed by atoms with van der Waals surface area (Å²) in [6.07, 6.45) is 2.34. The van der Waals surface area contributed by atoms with Crippen molar-refractivity contribution in [3.05, 3.63) is 36.2 Å². The number of nitrogens with two attached hydrogens (primary N) is 2. The lowest BCUT2D eigenvalue weighted by Crippen LogP contribution is -2.16. The molecule has 0 saturated heterocycles. The van der Waals surface area contributed by atoms with E-state index >= 15 is 0 Å². The van der Waals surface area contributed by atoms with Gasteiger partial charge in [-0.15, -0.1) is 0 Å². The maximum absolute atomic E-state index is 11.9. The van der Waals surface area contributed by atoms with E-state index in [4.69, 9.17) is 16.2 Å². The Balaban J connectivity index is 2.89. The summed E-state index contributed by atoms with van der Waals surface area (Å²) in [5.74, 6) is -0.345. The number of carbonyl (C=O) groups is 1. The molecule has 4 heteroatoms. The molecule has 0 saturated carbocycles. The lowest BCUT2D eigenvalue weighted by Gasteiger charge is -2.15. The van der Waals surface area contributed by atoms with Gasteiger partial charge in [0.2, 0.25) is 0 Å². The van der Waals surface area contributed by atoms with Gasteiger partial charge < -0.3 is 16.2 Å². The molecule has 1 unspecified atom stereocenters. The molecule has 1 radical (unpaired) electrons. The van der Waals surface area contributed by atoms with Crippen molar-refractivity contribution in [1.29, 1.82) is 0 Å². The quantitative estimate of drug-likeness (QED) is 0.461. The number of esters is 1. The first kappa shape index (κ1) is 14.5. The molecule has 0 fully saturated rings. The zero-order valence-corrected chi connectivity index (χ0v) is 10.8. The van der Waals surface area contributed by atoms with Crippen molar-refractivity contribution in [3.63, 3.8) is 0 Å². The van der Waals surface area contributed by atoms with Crippen molar-refractivity contribution >= 4 is 11.7 Å². The predicted octanol–water partition coefficient (Wildman–Crippen LogP) is 2.45. The Morgan fingerprint density at radius 2 is 2.22 bits per heavy atom. The van der Waals surface area contributed by atoms with Gasteiger partial charge in [0, 0.05) is 11.7 Å². The largest absolute Gasteiger partial charge is 0.462 e. The van der Waals surface area contributed by atoms with Crippen LogP contribution in [0.1, 0.15) is 48.1 Å². The van der Waals surface area contributed by atoms with Crippen LogP contribution in [0.15, 0.2) is 18.2 Å². The number of ether oxygens (including phenoxy) is 1. The highest BCUT2D eigenvalue weighted by atomic mass is 16.5. The fraction of sp³-hybridized carbons (Fsp3) is 0.429. The van der Waals surface area contributed by atoms with Crippen LogP contribution in [0.2, 0.25) is 0 Å². The second-order valence-corrected chi connectivity index (χ2v) is 4.23. The monoisotopic (exact) mass is 249 g/mol. The lowest BCUT2D eigenvalue weighted by molar-refractivity contribution is 0.0498. The van der Waals surface area contributed by atoms with Crippen LogP contribution in [0.4, 0.5) is 5.69 Å². The molecule has 99 valence electrons. The molecule has 0 bridgehead atoms. The summed E-state index contributed by atoms with van der Waals surface area (Å²) in [5, 5.41) is 0. The third-order valence-corrected chi connectivity index (χ3v) is 2.74. The first-order valence-corrected chi connectivity index (χ1v) is 6.21. The molecule has 1 rings (SSSR count). The van der Waals surface area contributed by atoms with Gasteiger partial charge in [0.05, 0.1) is 12.2 Å². The van der Waals surface area contributed by atoms with Crippen LogP contribution in [-0.4, -0.2) is 12.6 Å². The molecule has 0 heterocycles. The van der Waals surface area contributed by atoms with Crippen molar-refractivity contribution in [3.8, 4) is 0 Å². The summed E-state index contributed by atoms with van der Waals surface area (Å²) in [4.78, 5) is 11.9. The Kier molecular flexibility index (Phi) is 5.65. The molecule has 4 nitrogen and oxygen atoms in total. The van der Waals surface area contributed by atoms with E-state index in [9.17, 15) is 4.79 Å². The molecule has 0 aliphatic carbocycles. The fourth-order valence-electron chi connectivity index (χ4n) is 1.62. The zero-order valence-electron chi connectivity index (χ0n) is 10.8. The minimum Gasteiger partial charge on any atom is -0.462 e. The number of rotatable bonds is 6. The van der Waals surface area contributed by atoms with Crippen LogP contribution in [0.3, 0.4) is 0 Å². The highest BCUT2D eigenvalue weighted by Gasteiger charge is 2.16. The zero-order chi connectivity index (χ0) is 13.5. The van der Waals surface area contributed by atoms with Crippen LogP contribution in [-0.2, 0) is 4.74 Å². The Bertz CT molecular complexity index is 405. The molecule has 0 amide bonds. The number of hydrogen-bond donors (Lipinski definition) is 2. The first-order chi connectivity index (χ1) is 8.60. The Morgan fingerprint density at radius 3 is 2.83 bits per heavy atom. The van der Waals surface area contributed by atoms with E-state index < -0.39 is 0 Å². The minimum absolute atomic E-state index is 0.303. The Labute approximate surface area is 108 Å². The van der Waals surface area contributed by atoms with Gasteiger partial charge in [0.1, 0.15) is 0 Å². The normalized spacial score (nSPS) is 12.2. The second kappa shape index (κ2) is 7.01. The molecule has 1 atom stereocenters. The van der Waals surface area contributed by atoms with Crippen LogP contribution < -0.4 is 11.5 Å². The number of unbranched alkanes of at least 4 members (excludes halogenated alkanes) is 1. The number of hydrogen-bond acceptors (Lipinski definition) is 4.